The zero-order valence-corrected chi connectivity index (χ0v) is 10.3. The molecule has 1 aliphatic rings. The number of carboxylic acid groups (broad SMARTS) is 1. The third-order valence-corrected chi connectivity index (χ3v) is 3.39. The highest BCUT2D eigenvalue weighted by Gasteiger charge is 2.13. The third kappa shape index (κ3) is 2.78. The maximum Gasteiger partial charge on any atom is 0.335 e. The summed E-state index contributed by atoms with van der Waals surface area (Å²) in [7, 11) is 0. The van der Waals surface area contributed by atoms with Crippen LogP contribution < -0.4 is 4.90 Å². The second-order valence-electron chi connectivity index (χ2n) is 4.71. The zero-order valence-electron chi connectivity index (χ0n) is 10.3. The van der Waals surface area contributed by atoms with Gasteiger partial charge < -0.3 is 10.0 Å². The Balaban J connectivity index is 2.22. The molecule has 1 aliphatic heterocycles. The van der Waals surface area contributed by atoms with Crippen LogP contribution in [-0.4, -0.2) is 24.2 Å². The van der Waals surface area contributed by atoms with Crippen LogP contribution in [0.15, 0.2) is 18.2 Å². The number of anilines is 1. The lowest BCUT2D eigenvalue weighted by molar-refractivity contribution is 0.0697. The summed E-state index contributed by atoms with van der Waals surface area (Å²) in [6, 6.07) is 5.42. The predicted octanol–water partition coefficient (Wildman–Crippen LogP) is 3.07. The Labute approximate surface area is 102 Å². The smallest absolute Gasteiger partial charge is 0.335 e. The molecule has 0 aromatic heterocycles. The first-order chi connectivity index (χ1) is 8.18. The van der Waals surface area contributed by atoms with Crippen LogP contribution in [0.4, 0.5) is 5.69 Å². The SMILES string of the molecule is Cc1cc(C(=O)O)ccc1N1CCCCCC1. The van der Waals surface area contributed by atoms with E-state index in [9.17, 15) is 4.79 Å². The summed E-state index contributed by atoms with van der Waals surface area (Å²) in [5.74, 6) is -0.851. The van der Waals surface area contributed by atoms with Crippen LogP contribution in [0.5, 0.6) is 0 Å². The fourth-order valence-electron chi connectivity index (χ4n) is 2.45. The maximum absolute atomic E-state index is 10.9. The van der Waals surface area contributed by atoms with E-state index in [2.05, 4.69) is 4.90 Å². The molecular weight excluding hydrogens is 214 g/mol. The average Bonchev–Trinajstić information content (AvgIpc) is 2.57. The molecule has 0 spiro atoms. The summed E-state index contributed by atoms with van der Waals surface area (Å²) in [5.41, 5.74) is 2.63. The van der Waals surface area contributed by atoms with Gasteiger partial charge in [-0.25, -0.2) is 4.79 Å². The molecule has 0 atom stereocenters. The van der Waals surface area contributed by atoms with Gasteiger partial charge in [-0.05, 0) is 43.5 Å². The maximum atomic E-state index is 10.9. The van der Waals surface area contributed by atoms with Gasteiger partial charge in [0.2, 0.25) is 0 Å². The van der Waals surface area contributed by atoms with Crippen LogP contribution in [0.2, 0.25) is 0 Å². The Morgan fingerprint density at radius 2 is 1.82 bits per heavy atom. The molecule has 1 N–H and O–H groups in total. The van der Waals surface area contributed by atoms with Gasteiger partial charge in [-0.2, -0.15) is 0 Å². The molecule has 3 nitrogen and oxygen atoms in total. The molecular formula is C14H19NO2. The van der Waals surface area contributed by atoms with Crippen molar-refractivity contribution in [2.45, 2.75) is 32.6 Å². The second kappa shape index (κ2) is 5.21. The van der Waals surface area contributed by atoms with Crippen LogP contribution in [0.1, 0.15) is 41.6 Å². The van der Waals surface area contributed by atoms with Crippen LogP contribution in [0, 0.1) is 6.92 Å². The summed E-state index contributed by atoms with van der Waals surface area (Å²) in [5, 5.41) is 8.94. The molecule has 3 heteroatoms. The largest absolute Gasteiger partial charge is 0.478 e. The Hall–Kier alpha value is -1.51. The first-order valence-electron chi connectivity index (χ1n) is 6.27. The van der Waals surface area contributed by atoms with Gasteiger partial charge in [0.15, 0.2) is 0 Å². The van der Waals surface area contributed by atoms with Gasteiger partial charge in [0, 0.05) is 18.8 Å². The van der Waals surface area contributed by atoms with Crippen molar-refractivity contribution in [2.24, 2.45) is 0 Å². The molecule has 0 saturated carbocycles. The minimum Gasteiger partial charge on any atom is -0.478 e. The van der Waals surface area contributed by atoms with E-state index in [1.54, 1.807) is 12.1 Å². The Morgan fingerprint density at radius 1 is 1.18 bits per heavy atom. The summed E-state index contributed by atoms with van der Waals surface area (Å²) in [6.07, 6.45) is 5.09. The number of hydrogen-bond donors (Lipinski definition) is 1. The molecule has 1 aromatic rings. The highest BCUT2D eigenvalue weighted by molar-refractivity contribution is 5.88. The van der Waals surface area contributed by atoms with E-state index in [0.29, 0.717) is 5.56 Å². The minimum absolute atomic E-state index is 0.376. The first-order valence-corrected chi connectivity index (χ1v) is 6.27. The van der Waals surface area contributed by atoms with Gasteiger partial charge in [0.1, 0.15) is 0 Å². The molecule has 17 heavy (non-hydrogen) atoms. The van der Waals surface area contributed by atoms with Crippen LogP contribution in [0.3, 0.4) is 0 Å². The van der Waals surface area contributed by atoms with E-state index < -0.39 is 5.97 Å². The molecule has 1 fully saturated rings. The summed E-state index contributed by atoms with van der Waals surface area (Å²) in [6.45, 7) is 4.17. The number of aryl methyl sites for hydroxylation is 1. The van der Waals surface area contributed by atoms with Gasteiger partial charge in [0.25, 0.3) is 0 Å². The standard InChI is InChI=1S/C14H19NO2/c1-11-10-12(14(16)17)6-7-13(11)15-8-4-2-3-5-9-15/h6-7,10H,2-5,8-9H2,1H3,(H,16,17). The van der Waals surface area contributed by atoms with Gasteiger partial charge in [-0.1, -0.05) is 12.8 Å². The normalized spacial score (nSPS) is 16.6. The molecule has 0 bridgehead atoms. The highest BCUT2D eigenvalue weighted by Crippen LogP contribution is 2.24. The molecule has 1 heterocycles. The summed E-state index contributed by atoms with van der Waals surface area (Å²) >= 11 is 0. The van der Waals surface area contributed by atoms with Crippen LogP contribution in [0.25, 0.3) is 0 Å². The van der Waals surface area contributed by atoms with E-state index in [1.165, 1.54) is 31.4 Å². The number of carbonyl (C=O) groups is 1. The Morgan fingerprint density at radius 3 is 2.35 bits per heavy atom. The number of carboxylic acids is 1. The van der Waals surface area contributed by atoms with Crippen molar-refractivity contribution in [3.05, 3.63) is 29.3 Å². The number of benzene rings is 1. The number of aromatic carboxylic acids is 1. The molecule has 1 saturated heterocycles. The van der Waals surface area contributed by atoms with Crippen molar-refractivity contribution in [1.82, 2.24) is 0 Å². The topological polar surface area (TPSA) is 40.5 Å². The van der Waals surface area contributed by atoms with Crippen molar-refractivity contribution >= 4 is 11.7 Å². The van der Waals surface area contributed by atoms with E-state index in [4.69, 9.17) is 5.11 Å². The number of rotatable bonds is 2. The van der Waals surface area contributed by atoms with Gasteiger partial charge in [0.05, 0.1) is 5.56 Å². The summed E-state index contributed by atoms with van der Waals surface area (Å²) < 4.78 is 0. The number of nitrogens with zero attached hydrogens (tertiary/aromatic N) is 1. The molecule has 1 aromatic carbocycles. The van der Waals surface area contributed by atoms with Crippen LogP contribution >= 0.6 is 0 Å². The quantitative estimate of drug-likeness (QED) is 0.853. The first kappa shape index (κ1) is 12.0. The van der Waals surface area contributed by atoms with E-state index >= 15 is 0 Å². The van der Waals surface area contributed by atoms with Crippen molar-refractivity contribution in [3.8, 4) is 0 Å². The van der Waals surface area contributed by atoms with Gasteiger partial charge in [-0.15, -0.1) is 0 Å². The minimum atomic E-state index is -0.851. The van der Waals surface area contributed by atoms with Gasteiger partial charge in [-0.3, -0.25) is 0 Å². The molecule has 0 amide bonds. The van der Waals surface area contributed by atoms with Crippen molar-refractivity contribution < 1.29 is 9.90 Å². The second-order valence-corrected chi connectivity index (χ2v) is 4.71. The monoisotopic (exact) mass is 233 g/mol. The zero-order chi connectivity index (χ0) is 12.3. The Bertz CT molecular complexity index is 407. The molecule has 2 rings (SSSR count). The van der Waals surface area contributed by atoms with E-state index in [1.807, 2.05) is 13.0 Å². The molecule has 0 unspecified atom stereocenters. The lowest BCUT2D eigenvalue weighted by Crippen LogP contribution is -2.24. The predicted molar refractivity (Wildman–Crippen MR) is 68.8 cm³/mol. The fourth-order valence-corrected chi connectivity index (χ4v) is 2.45. The lowest BCUT2D eigenvalue weighted by Gasteiger charge is -2.24. The van der Waals surface area contributed by atoms with E-state index in [-0.39, 0.29) is 0 Å². The van der Waals surface area contributed by atoms with Gasteiger partial charge >= 0.3 is 5.97 Å². The lowest BCUT2D eigenvalue weighted by atomic mass is 10.1. The third-order valence-electron chi connectivity index (χ3n) is 3.39. The molecule has 0 radical (unpaired) electrons. The average molecular weight is 233 g/mol. The van der Waals surface area contributed by atoms with Crippen molar-refractivity contribution in [2.75, 3.05) is 18.0 Å². The van der Waals surface area contributed by atoms with E-state index in [0.717, 1.165) is 18.7 Å². The fraction of sp³-hybridized carbons (Fsp3) is 0.500. The molecule has 0 aliphatic carbocycles. The Kier molecular flexibility index (Phi) is 3.67. The molecule has 92 valence electrons. The van der Waals surface area contributed by atoms with Crippen molar-refractivity contribution in [1.29, 1.82) is 0 Å². The summed E-state index contributed by atoms with van der Waals surface area (Å²) in [4.78, 5) is 13.3. The van der Waals surface area contributed by atoms with Crippen LogP contribution in [-0.2, 0) is 0 Å². The number of hydrogen-bond acceptors (Lipinski definition) is 2. The highest BCUT2D eigenvalue weighted by atomic mass is 16.4. The van der Waals surface area contributed by atoms with Crippen molar-refractivity contribution in [3.63, 3.8) is 0 Å².